The Balaban J connectivity index is -0.000000158. The van der Waals surface area contributed by atoms with Crippen LogP contribution in [0, 0.1) is 0 Å². The van der Waals surface area contributed by atoms with Gasteiger partial charge in [0.2, 0.25) is 0 Å². The molecule has 0 aliphatic rings. The summed E-state index contributed by atoms with van der Waals surface area (Å²) in [4.78, 5) is 0. The average molecular weight is 324 g/mol. The summed E-state index contributed by atoms with van der Waals surface area (Å²) in [5.41, 5.74) is 0. The molecule has 0 amide bonds. The topological polar surface area (TPSA) is 145 Å². The van der Waals surface area contributed by atoms with Gasteiger partial charge in [0.1, 0.15) is 0 Å². The minimum Gasteiger partial charge on any atom is -0.344 e. The van der Waals surface area contributed by atoms with E-state index in [9.17, 15) is 0 Å². The number of hydrogen-bond donors (Lipinski definition) is 4. The van der Waals surface area contributed by atoms with Crippen molar-refractivity contribution in [3.8, 4) is 0 Å². The van der Waals surface area contributed by atoms with Crippen LogP contribution in [-0.2, 0) is 10.4 Å². The van der Waals surface area contributed by atoms with E-state index in [2.05, 4.69) is 6.92 Å². The van der Waals surface area contributed by atoms with Crippen molar-refractivity contribution >= 4 is 38.3 Å². The zero-order valence-corrected chi connectivity index (χ0v) is 16.1. The van der Waals surface area contributed by atoms with Crippen LogP contribution in [0.5, 0.6) is 0 Å². The van der Waals surface area contributed by atoms with Crippen LogP contribution in [-0.4, -0.2) is 45.5 Å². The van der Waals surface area contributed by atoms with E-state index in [1.165, 1.54) is 95.8 Å². The van der Waals surface area contributed by atoms with Gasteiger partial charge in [-0.1, -0.05) is 0 Å². The molecule has 0 spiro atoms. The third kappa shape index (κ3) is 51.1. The van der Waals surface area contributed by atoms with E-state index in [0.717, 1.165) is 0 Å². The van der Waals surface area contributed by atoms with Crippen molar-refractivity contribution in [2.45, 2.75) is 74.8 Å². The molecule has 0 saturated carbocycles. The summed E-state index contributed by atoms with van der Waals surface area (Å²) in [5, 5.41) is 0. The first kappa shape index (κ1) is 28.9. The van der Waals surface area contributed by atoms with Gasteiger partial charge in [-0.3, -0.25) is 9.11 Å². The zero-order chi connectivity index (χ0) is 14.3. The normalized spacial score (nSPS) is 9.85. The summed E-state index contributed by atoms with van der Waals surface area (Å²) in [6.07, 6.45) is 14.7. The standard InChI is InChI=1S/C12H25.2H3N.Na.H2O4S/c1-3-5-7-9-11-12-10-8-6-4-2;;;;1-5(2,3)4/h1,3-12H2,2H3;2*1H3;;(H2,1,2,3,4). The van der Waals surface area contributed by atoms with Gasteiger partial charge in [-0.2, -0.15) is 8.42 Å². The second-order valence-corrected chi connectivity index (χ2v) is 6.53. The molecule has 0 aromatic rings. The molecule has 0 heterocycles. The molecular weight excluding hydrogens is 291 g/mol. The Kier molecular flexibility index (Phi) is 31.9. The van der Waals surface area contributed by atoms with Crippen LogP contribution in [0.25, 0.3) is 0 Å². The Morgan fingerprint density at radius 2 is 1.00 bits per heavy atom. The van der Waals surface area contributed by atoms with Crippen molar-refractivity contribution in [3.63, 3.8) is 0 Å². The van der Waals surface area contributed by atoms with Crippen molar-refractivity contribution in [2.75, 3.05) is 0 Å². The molecular formula is C12H33N2NaO4S. The summed E-state index contributed by atoms with van der Waals surface area (Å²) in [7, 11) is -4.67. The first-order valence-electron chi connectivity index (χ1n) is 7.11. The predicted molar refractivity (Wildman–Crippen MR) is 86.6 cm³/mol. The van der Waals surface area contributed by atoms with E-state index < -0.39 is 10.4 Å². The smallest absolute Gasteiger partial charge is 0.344 e. The molecule has 0 bridgehead atoms. The summed E-state index contributed by atoms with van der Waals surface area (Å²) in [5.74, 6) is 0. The number of rotatable bonds is 10. The third-order valence-electron chi connectivity index (χ3n) is 2.71. The maximum Gasteiger partial charge on any atom is 0.394 e. The van der Waals surface area contributed by atoms with Gasteiger partial charge in [0.15, 0.2) is 0 Å². The van der Waals surface area contributed by atoms with Crippen LogP contribution >= 0.6 is 0 Å². The van der Waals surface area contributed by atoms with E-state index in [1.807, 2.05) is 0 Å². The molecule has 122 valence electrons. The molecule has 0 radical (unpaired) electrons. The number of unbranched alkanes of at least 4 members (excludes halogenated alkanes) is 9. The van der Waals surface area contributed by atoms with Crippen LogP contribution in [0.2, 0.25) is 3.67 Å². The van der Waals surface area contributed by atoms with Crippen LogP contribution in [0.3, 0.4) is 0 Å². The van der Waals surface area contributed by atoms with Crippen molar-refractivity contribution in [1.29, 1.82) is 0 Å². The molecule has 8 heteroatoms. The fourth-order valence-electron chi connectivity index (χ4n) is 1.74. The number of hydrogen-bond acceptors (Lipinski definition) is 4. The molecule has 0 unspecified atom stereocenters. The van der Waals surface area contributed by atoms with Gasteiger partial charge in [0.05, 0.1) is 0 Å². The molecule has 20 heavy (non-hydrogen) atoms. The minimum absolute atomic E-state index is 0. The van der Waals surface area contributed by atoms with Gasteiger partial charge in [0.25, 0.3) is 0 Å². The molecule has 0 fully saturated rings. The molecule has 0 atom stereocenters. The molecule has 6 nitrogen and oxygen atoms in total. The summed E-state index contributed by atoms with van der Waals surface area (Å²) >= 11 is 1.41. The fraction of sp³-hybridized carbons (Fsp3) is 1.00. The first-order chi connectivity index (χ1) is 8.41. The first-order valence-corrected chi connectivity index (χ1v) is 9.92. The van der Waals surface area contributed by atoms with Crippen molar-refractivity contribution < 1.29 is 17.5 Å². The van der Waals surface area contributed by atoms with Crippen LogP contribution in [0.4, 0.5) is 0 Å². The predicted octanol–water partition coefficient (Wildman–Crippen LogP) is 4.17. The van der Waals surface area contributed by atoms with Crippen molar-refractivity contribution in [3.05, 3.63) is 0 Å². The minimum atomic E-state index is -4.67. The molecule has 0 aromatic carbocycles. The Bertz CT molecular complexity index is 234. The third-order valence-corrected chi connectivity index (χ3v) is 3.41. The van der Waals surface area contributed by atoms with Gasteiger partial charge in [-0.15, -0.1) is 0 Å². The Labute approximate surface area is 142 Å². The Hall–Kier alpha value is 0.790. The van der Waals surface area contributed by atoms with Gasteiger partial charge >= 0.3 is 113 Å². The second kappa shape index (κ2) is 22.1. The van der Waals surface area contributed by atoms with Gasteiger partial charge in [-0.25, -0.2) is 0 Å². The van der Waals surface area contributed by atoms with Gasteiger partial charge in [-0.05, 0) is 0 Å². The van der Waals surface area contributed by atoms with Crippen molar-refractivity contribution in [1.82, 2.24) is 12.3 Å². The average Bonchev–Trinajstić information content (AvgIpc) is 2.25. The van der Waals surface area contributed by atoms with Gasteiger partial charge in [0, 0.05) is 0 Å². The Morgan fingerprint density at radius 1 is 0.750 bits per heavy atom. The molecule has 0 saturated heterocycles. The van der Waals surface area contributed by atoms with E-state index in [1.54, 1.807) is 0 Å². The molecule has 0 aliphatic carbocycles. The van der Waals surface area contributed by atoms with Crippen molar-refractivity contribution in [2.24, 2.45) is 0 Å². The van der Waals surface area contributed by atoms with E-state index >= 15 is 0 Å². The monoisotopic (exact) mass is 324 g/mol. The largest absolute Gasteiger partial charge is 0.394 e. The molecule has 0 aliphatic heterocycles. The zero-order valence-electron chi connectivity index (χ0n) is 13.3. The van der Waals surface area contributed by atoms with Crippen LogP contribution in [0.1, 0.15) is 71.1 Å². The van der Waals surface area contributed by atoms with E-state index in [-0.39, 0.29) is 12.3 Å². The maximum atomic E-state index is 8.74. The maximum absolute atomic E-state index is 8.74. The summed E-state index contributed by atoms with van der Waals surface area (Å²) < 4.78 is 33.1. The fourth-order valence-corrected chi connectivity index (χ4v) is 2.24. The second-order valence-electron chi connectivity index (χ2n) is 4.63. The Morgan fingerprint density at radius 3 is 1.25 bits per heavy atom. The summed E-state index contributed by atoms with van der Waals surface area (Å²) in [6.45, 7) is 2.29. The summed E-state index contributed by atoms with van der Waals surface area (Å²) in [6, 6.07) is 0. The molecule has 8 N–H and O–H groups in total. The van der Waals surface area contributed by atoms with Crippen LogP contribution < -0.4 is 12.3 Å². The molecule has 0 rings (SSSR count). The van der Waals surface area contributed by atoms with Gasteiger partial charge < -0.3 is 12.3 Å². The van der Waals surface area contributed by atoms with Crippen LogP contribution in [0.15, 0.2) is 0 Å². The SMILES string of the molecule is CCCCCCCCCCC[CH2][Na].N.N.O=S(=O)(O)O. The van der Waals surface area contributed by atoms with E-state index in [0.29, 0.717) is 0 Å². The molecule has 0 aromatic heterocycles. The van der Waals surface area contributed by atoms with E-state index in [4.69, 9.17) is 17.5 Å². The quantitative estimate of drug-likeness (QED) is 0.269.